The van der Waals surface area contributed by atoms with Crippen LogP contribution >= 0.6 is 0 Å². The van der Waals surface area contributed by atoms with Gasteiger partial charge in [-0.3, -0.25) is 0 Å². The summed E-state index contributed by atoms with van der Waals surface area (Å²) < 4.78 is 2.47. The lowest BCUT2D eigenvalue weighted by atomic mass is 9.67. The summed E-state index contributed by atoms with van der Waals surface area (Å²) >= 11 is 0. The van der Waals surface area contributed by atoms with Crippen LogP contribution in [0.15, 0.2) is 273 Å². The third-order valence-corrected chi connectivity index (χ3v) is 14.8. The van der Waals surface area contributed by atoms with E-state index >= 15 is 0 Å². The molecule has 0 fully saturated rings. The first kappa shape index (κ1) is 40.7. The Morgan fingerprint density at radius 1 is 0.366 bits per heavy atom. The highest BCUT2D eigenvalue weighted by Gasteiger charge is 2.46. The minimum Gasteiger partial charge on any atom is -0.308 e. The third-order valence-electron chi connectivity index (χ3n) is 14.8. The first-order valence-corrected chi connectivity index (χ1v) is 24.4. The summed E-state index contributed by atoms with van der Waals surface area (Å²) in [6.45, 7) is 0. The lowest BCUT2D eigenvalue weighted by Gasteiger charge is -2.35. The van der Waals surface area contributed by atoms with E-state index in [2.05, 4.69) is 282 Å². The second-order valence-electron chi connectivity index (χ2n) is 18.6. The predicted octanol–water partition coefficient (Wildman–Crippen LogP) is 17.7. The van der Waals surface area contributed by atoms with Crippen molar-refractivity contribution in [2.24, 2.45) is 0 Å². The summed E-state index contributed by atoms with van der Waals surface area (Å²) in [6, 6.07) is 99.9. The van der Waals surface area contributed by atoms with Crippen LogP contribution in [0.3, 0.4) is 0 Å². The molecule has 1 aliphatic carbocycles. The third kappa shape index (κ3) is 6.40. The summed E-state index contributed by atoms with van der Waals surface area (Å²) in [4.78, 5) is 7.91. The van der Waals surface area contributed by atoms with Gasteiger partial charge in [0.1, 0.15) is 0 Å². The van der Waals surface area contributed by atoms with Crippen LogP contribution in [-0.4, -0.2) is 9.55 Å². The molecular weight excluding hydrogens is 859 g/mol. The second kappa shape index (κ2) is 16.4. The molecular formula is C68H45N3. The Bertz CT molecular complexity index is 4120. The Morgan fingerprint density at radius 3 is 1.76 bits per heavy atom. The fraction of sp³-hybridized carbons (Fsp3) is 0.0147. The number of rotatable bonds is 8. The van der Waals surface area contributed by atoms with Gasteiger partial charge < -0.3 is 9.47 Å². The fourth-order valence-corrected chi connectivity index (χ4v) is 11.7. The highest BCUT2D eigenvalue weighted by molar-refractivity contribution is 6.15. The quantitative estimate of drug-likeness (QED) is 0.151. The minimum absolute atomic E-state index is 0.559. The molecule has 1 aliphatic rings. The molecule has 0 spiro atoms. The van der Waals surface area contributed by atoms with E-state index in [1.54, 1.807) is 0 Å². The largest absolute Gasteiger partial charge is 0.308 e. The van der Waals surface area contributed by atoms with Gasteiger partial charge in [0, 0.05) is 44.3 Å². The average Bonchev–Trinajstić information content (AvgIpc) is 3.94. The van der Waals surface area contributed by atoms with Crippen molar-refractivity contribution < 1.29 is 0 Å². The van der Waals surface area contributed by atoms with Gasteiger partial charge >= 0.3 is 0 Å². The van der Waals surface area contributed by atoms with E-state index in [0.29, 0.717) is 0 Å². The number of fused-ring (bicyclic) bond motifs is 8. The van der Waals surface area contributed by atoms with Crippen molar-refractivity contribution in [2.45, 2.75) is 5.41 Å². The van der Waals surface area contributed by atoms with Crippen LogP contribution < -0.4 is 4.90 Å². The van der Waals surface area contributed by atoms with Crippen molar-refractivity contribution in [3.63, 3.8) is 0 Å². The van der Waals surface area contributed by atoms with Crippen LogP contribution in [-0.2, 0) is 5.41 Å². The Hall–Kier alpha value is -9.31. The van der Waals surface area contributed by atoms with Gasteiger partial charge in [-0.2, -0.15) is 0 Å². The number of nitrogens with zero attached hydrogens (tertiary/aromatic N) is 3. The number of pyridine rings is 1. The topological polar surface area (TPSA) is 21.1 Å². The summed E-state index contributed by atoms with van der Waals surface area (Å²) in [5, 5.41) is 5.85. The summed E-state index contributed by atoms with van der Waals surface area (Å²) in [5.41, 5.74) is 18.8. The number of para-hydroxylation sites is 3. The van der Waals surface area contributed by atoms with E-state index in [9.17, 15) is 0 Å². The molecule has 0 aliphatic heterocycles. The minimum atomic E-state index is -0.559. The molecule has 0 amide bonds. The molecule has 0 saturated carbocycles. The number of aromatic nitrogens is 2. The predicted molar refractivity (Wildman–Crippen MR) is 296 cm³/mol. The molecule has 0 unspecified atom stereocenters. The zero-order valence-corrected chi connectivity index (χ0v) is 38.8. The first-order valence-electron chi connectivity index (χ1n) is 24.4. The van der Waals surface area contributed by atoms with Gasteiger partial charge in [-0.1, -0.05) is 212 Å². The Labute approximate surface area is 412 Å². The molecule has 11 aromatic carbocycles. The molecule has 2 aromatic heterocycles. The fourth-order valence-electron chi connectivity index (χ4n) is 11.7. The molecule has 0 atom stereocenters. The Morgan fingerprint density at radius 2 is 0.986 bits per heavy atom. The van der Waals surface area contributed by atoms with Crippen LogP contribution in [0.5, 0.6) is 0 Å². The van der Waals surface area contributed by atoms with Gasteiger partial charge in [-0.25, -0.2) is 4.98 Å². The maximum absolute atomic E-state index is 5.42. The lowest BCUT2D eigenvalue weighted by Crippen LogP contribution is -2.28. The second-order valence-corrected chi connectivity index (χ2v) is 18.6. The van der Waals surface area contributed by atoms with Gasteiger partial charge in [0.05, 0.1) is 33.3 Å². The summed E-state index contributed by atoms with van der Waals surface area (Å²) in [7, 11) is 0. The van der Waals surface area contributed by atoms with Gasteiger partial charge in [-0.15, -0.1) is 0 Å². The van der Waals surface area contributed by atoms with Gasteiger partial charge in [-0.05, 0) is 110 Å². The van der Waals surface area contributed by atoms with Crippen molar-refractivity contribution >= 4 is 60.5 Å². The van der Waals surface area contributed by atoms with E-state index in [1.807, 2.05) is 0 Å². The molecule has 0 radical (unpaired) electrons. The summed E-state index contributed by atoms with van der Waals surface area (Å²) in [5.74, 6) is 0. The van der Waals surface area contributed by atoms with Crippen LogP contribution in [0.4, 0.5) is 17.1 Å². The van der Waals surface area contributed by atoms with Crippen molar-refractivity contribution in [1.29, 1.82) is 0 Å². The zero-order valence-electron chi connectivity index (χ0n) is 38.8. The van der Waals surface area contributed by atoms with Crippen molar-refractivity contribution in [1.82, 2.24) is 9.55 Å². The molecule has 3 heteroatoms. The standard InChI is InChI=1S/C68H45N3/c1-5-21-47(22-6-1)60-43-49-24-15-18-34-63(49)69-66(60)50-37-40-58-59-32-19-35-64(67(59)71(65(58)44-50)53-29-11-4-12-30-53)70(54-38-36-46-20-13-14-23-48(46)42-54)55-39-41-57-56-31-16-17-33-61(56)68(62(57)45-55,51-25-7-2-8-26-51)52-27-9-3-10-28-52/h1-45H. The maximum Gasteiger partial charge on any atom is 0.0788 e. The highest BCUT2D eigenvalue weighted by Crippen LogP contribution is 2.57. The first-order chi connectivity index (χ1) is 35.2. The van der Waals surface area contributed by atoms with Crippen molar-refractivity contribution in [3.8, 4) is 39.2 Å². The van der Waals surface area contributed by atoms with E-state index in [4.69, 9.17) is 4.98 Å². The number of anilines is 3. The molecule has 0 N–H and O–H groups in total. The number of hydrogen-bond acceptors (Lipinski definition) is 2. The van der Waals surface area contributed by atoms with Gasteiger partial charge in [0.15, 0.2) is 0 Å². The molecule has 14 rings (SSSR count). The SMILES string of the molecule is c1ccc(-c2cc3ccccc3nc2-c2ccc3c4cccc(N(c5ccc6c(c5)C(c5ccccc5)(c5ccccc5)c5ccccc5-6)c5ccc6ccccc6c5)c4n(-c4ccccc4)c3c2)cc1. The Balaban J connectivity index is 1.06. The molecule has 0 bridgehead atoms. The van der Waals surface area contributed by atoms with Crippen LogP contribution in [0.25, 0.3) is 82.7 Å². The van der Waals surface area contributed by atoms with Crippen LogP contribution in [0, 0.1) is 0 Å². The van der Waals surface area contributed by atoms with Crippen LogP contribution in [0.1, 0.15) is 22.3 Å². The van der Waals surface area contributed by atoms with E-state index in [0.717, 1.165) is 67.1 Å². The molecule has 0 saturated heterocycles. The summed E-state index contributed by atoms with van der Waals surface area (Å²) in [6.07, 6.45) is 0. The smallest absolute Gasteiger partial charge is 0.0788 e. The monoisotopic (exact) mass is 903 g/mol. The van der Waals surface area contributed by atoms with Crippen molar-refractivity contribution in [2.75, 3.05) is 4.90 Å². The maximum atomic E-state index is 5.42. The molecule has 71 heavy (non-hydrogen) atoms. The van der Waals surface area contributed by atoms with E-state index < -0.39 is 5.41 Å². The normalized spacial score (nSPS) is 12.6. The van der Waals surface area contributed by atoms with Gasteiger partial charge in [0.2, 0.25) is 0 Å². The van der Waals surface area contributed by atoms with Crippen LogP contribution in [0.2, 0.25) is 0 Å². The molecule has 332 valence electrons. The molecule has 3 nitrogen and oxygen atoms in total. The van der Waals surface area contributed by atoms with E-state index in [-0.39, 0.29) is 0 Å². The highest BCUT2D eigenvalue weighted by atomic mass is 15.2. The number of benzene rings is 11. The average molecular weight is 904 g/mol. The van der Waals surface area contributed by atoms with E-state index in [1.165, 1.54) is 54.9 Å². The molecule has 2 heterocycles. The lowest BCUT2D eigenvalue weighted by molar-refractivity contribution is 0.768. The Kier molecular flexibility index (Phi) is 9.43. The van der Waals surface area contributed by atoms with Gasteiger partial charge in [0.25, 0.3) is 0 Å². The zero-order chi connectivity index (χ0) is 46.9. The number of hydrogen-bond donors (Lipinski definition) is 0. The molecule has 13 aromatic rings. The van der Waals surface area contributed by atoms with Crippen molar-refractivity contribution in [3.05, 3.63) is 295 Å².